The van der Waals surface area contributed by atoms with Gasteiger partial charge in [-0.15, -0.1) is 11.3 Å². The number of nitrogens with one attached hydrogen (secondary N) is 1. The second-order valence-corrected chi connectivity index (χ2v) is 9.11. The van der Waals surface area contributed by atoms with Gasteiger partial charge in [0, 0.05) is 13.0 Å². The normalized spacial score (nSPS) is 14.4. The van der Waals surface area contributed by atoms with E-state index in [2.05, 4.69) is 4.72 Å². The summed E-state index contributed by atoms with van der Waals surface area (Å²) >= 11 is 6.73. The van der Waals surface area contributed by atoms with Gasteiger partial charge in [0.05, 0.1) is 17.0 Å². The highest BCUT2D eigenvalue weighted by atomic mass is 35.5. The van der Waals surface area contributed by atoms with E-state index in [9.17, 15) is 13.5 Å². The third-order valence-electron chi connectivity index (χ3n) is 3.20. The maximum Gasteiger partial charge on any atom is 0.250 e. The maximum atomic E-state index is 12.1. The summed E-state index contributed by atoms with van der Waals surface area (Å²) in [5, 5.41) is 10.4. The van der Waals surface area contributed by atoms with Crippen LogP contribution in [0.3, 0.4) is 0 Å². The van der Waals surface area contributed by atoms with Crippen molar-refractivity contribution in [1.29, 1.82) is 0 Å². The van der Waals surface area contributed by atoms with E-state index >= 15 is 0 Å². The van der Waals surface area contributed by atoms with Gasteiger partial charge < -0.3 is 9.84 Å². The number of methoxy groups -OCH3 is 1. The van der Waals surface area contributed by atoms with E-state index in [1.165, 1.54) is 12.1 Å². The summed E-state index contributed by atoms with van der Waals surface area (Å²) < 4.78 is 32.3. The zero-order valence-electron chi connectivity index (χ0n) is 12.7. The zero-order valence-corrected chi connectivity index (χ0v) is 15.1. The molecule has 0 amide bonds. The van der Waals surface area contributed by atoms with E-state index in [0.29, 0.717) is 10.8 Å². The Morgan fingerprint density at radius 2 is 1.91 bits per heavy atom. The van der Waals surface area contributed by atoms with Crippen LogP contribution >= 0.6 is 22.9 Å². The SMILES string of the molecule is COc1ccc(CC(C)(O)CNS(=O)(=O)c2ccc(Cl)s2)cc1. The van der Waals surface area contributed by atoms with Crippen LogP contribution in [0.4, 0.5) is 0 Å². The van der Waals surface area contributed by atoms with Gasteiger partial charge in [0.1, 0.15) is 9.96 Å². The first-order valence-corrected chi connectivity index (χ1v) is 9.50. The van der Waals surface area contributed by atoms with Crippen LogP contribution in [-0.4, -0.2) is 32.8 Å². The molecule has 1 unspecified atom stereocenters. The van der Waals surface area contributed by atoms with E-state index in [0.717, 1.165) is 22.6 Å². The largest absolute Gasteiger partial charge is 0.497 e. The van der Waals surface area contributed by atoms with Gasteiger partial charge in [0.15, 0.2) is 0 Å². The number of ether oxygens (including phenoxy) is 1. The van der Waals surface area contributed by atoms with Crippen LogP contribution < -0.4 is 9.46 Å². The number of benzene rings is 1. The Labute approximate surface area is 144 Å². The molecule has 0 spiro atoms. The quantitative estimate of drug-likeness (QED) is 0.780. The Balaban J connectivity index is 2.00. The van der Waals surface area contributed by atoms with Crippen molar-refractivity contribution in [2.75, 3.05) is 13.7 Å². The van der Waals surface area contributed by atoms with Crippen molar-refractivity contribution in [3.05, 3.63) is 46.3 Å². The second kappa shape index (κ2) is 7.19. The molecule has 2 rings (SSSR count). The van der Waals surface area contributed by atoms with Gasteiger partial charge in [0.2, 0.25) is 10.0 Å². The molecule has 0 aliphatic heterocycles. The number of halogens is 1. The summed E-state index contributed by atoms with van der Waals surface area (Å²) in [6, 6.07) is 10.2. The molecule has 0 saturated carbocycles. The molecule has 5 nitrogen and oxygen atoms in total. The summed E-state index contributed by atoms with van der Waals surface area (Å²) in [6.45, 7) is 1.48. The Kier molecular flexibility index (Phi) is 5.70. The topological polar surface area (TPSA) is 75.6 Å². The molecule has 0 aliphatic carbocycles. The van der Waals surface area contributed by atoms with Gasteiger partial charge in [-0.25, -0.2) is 13.1 Å². The molecule has 23 heavy (non-hydrogen) atoms. The van der Waals surface area contributed by atoms with Gasteiger partial charge in [-0.3, -0.25) is 0 Å². The van der Waals surface area contributed by atoms with Gasteiger partial charge >= 0.3 is 0 Å². The number of aliphatic hydroxyl groups is 1. The minimum Gasteiger partial charge on any atom is -0.497 e. The standard InChI is InChI=1S/C15H18ClNO4S2/c1-15(18,9-11-3-5-12(21-2)6-4-11)10-17-23(19,20)14-8-7-13(16)22-14/h3-8,17-18H,9-10H2,1-2H3. The van der Waals surface area contributed by atoms with Crippen LogP contribution in [0, 0.1) is 0 Å². The van der Waals surface area contributed by atoms with Crippen molar-refractivity contribution in [1.82, 2.24) is 4.72 Å². The Bertz CT molecular complexity index is 754. The molecule has 1 heterocycles. The lowest BCUT2D eigenvalue weighted by Gasteiger charge is -2.23. The fourth-order valence-corrected chi connectivity index (χ4v) is 4.70. The number of hydrogen-bond donors (Lipinski definition) is 2. The maximum absolute atomic E-state index is 12.1. The Morgan fingerprint density at radius 3 is 2.43 bits per heavy atom. The summed E-state index contributed by atoms with van der Waals surface area (Å²) in [4.78, 5) is 0. The first kappa shape index (κ1) is 18.2. The molecule has 0 aliphatic rings. The van der Waals surface area contributed by atoms with Crippen LogP contribution in [0.1, 0.15) is 12.5 Å². The lowest BCUT2D eigenvalue weighted by molar-refractivity contribution is 0.0657. The molecular weight excluding hydrogens is 358 g/mol. The number of hydrogen-bond acceptors (Lipinski definition) is 5. The molecular formula is C15H18ClNO4S2. The highest BCUT2D eigenvalue weighted by Crippen LogP contribution is 2.25. The van der Waals surface area contributed by atoms with E-state index in [1.807, 2.05) is 12.1 Å². The lowest BCUT2D eigenvalue weighted by atomic mass is 9.97. The third-order valence-corrected chi connectivity index (χ3v) is 6.32. The fraction of sp³-hybridized carbons (Fsp3) is 0.333. The van der Waals surface area contributed by atoms with Gasteiger partial charge in [-0.05, 0) is 36.8 Å². The van der Waals surface area contributed by atoms with Gasteiger partial charge in [0.25, 0.3) is 0 Å². The number of rotatable bonds is 7. The van der Waals surface area contributed by atoms with Crippen molar-refractivity contribution in [3.8, 4) is 5.75 Å². The predicted molar refractivity (Wildman–Crippen MR) is 91.8 cm³/mol. The monoisotopic (exact) mass is 375 g/mol. The molecule has 0 saturated heterocycles. The van der Waals surface area contributed by atoms with Crippen molar-refractivity contribution in [2.45, 2.75) is 23.2 Å². The second-order valence-electron chi connectivity index (χ2n) is 5.40. The Morgan fingerprint density at radius 1 is 1.26 bits per heavy atom. The molecule has 2 N–H and O–H groups in total. The molecule has 8 heteroatoms. The molecule has 0 fully saturated rings. The third kappa shape index (κ3) is 5.19. The highest BCUT2D eigenvalue weighted by Gasteiger charge is 2.25. The molecule has 1 aromatic carbocycles. The van der Waals surface area contributed by atoms with E-state index in [-0.39, 0.29) is 10.8 Å². The smallest absolute Gasteiger partial charge is 0.250 e. The van der Waals surface area contributed by atoms with Crippen molar-refractivity contribution in [3.63, 3.8) is 0 Å². The summed E-state index contributed by atoms with van der Waals surface area (Å²) in [5.74, 6) is 0.726. The molecule has 126 valence electrons. The van der Waals surface area contributed by atoms with Gasteiger partial charge in [-0.2, -0.15) is 0 Å². The average molecular weight is 376 g/mol. The van der Waals surface area contributed by atoms with Crippen LogP contribution in [-0.2, 0) is 16.4 Å². The number of sulfonamides is 1. The number of thiophene rings is 1. The molecule has 2 aromatic rings. The van der Waals surface area contributed by atoms with E-state index in [1.54, 1.807) is 26.2 Å². The van der Waals surface area contributed by atoms with E-state index in [4.69, 9.17) is 16.3 Å². The minimum atomic E-state index is -3.67. The van der Waals surface area contributed by atoms with Crippen molar-refractivity contribution < 1.29 is 18.3 Å². The first-order chi connectivity index (χ1) is 10.7. The van der Waals surface area contributed by atoms with E-state index < -0.39 is 15.6 Å². The first-order valence-electron chi connectivity index (χ1n) is 6.82. The summed E-state index contributed by atoms with van der Waals surface area (Å²) in [5.41, 5.74) is -0.336. The molecule has 0 radical (unpaired) electrons. The average Bonchev–Trinajstić information content (AvgIpc) is 2.93. The van der Waals surface area contributed by atoms with Crippen LogP contribution in [0.25, 0.3) is 0 Å². The van der Waals surface area contributed by atoms with Crippen LogP contribution in [0.5, 0.6) is 5.75 Å². The predicted octanol–water partition coefficient (Wildman–Crippen LogP) is 2.68. The van der Waals surface area contributed by atoms with Crippen LogP contribution in [0.15, 0.2) is 40.6 Å². The Hall–Kier alpha value is -1.12. The zero-order chi connectivity index (χ0) is 17.1. The fourth-order valence-electron chi connectivity index (χ4n) is 2.01. The minimum absolute atomic E-state index is 0.100. The highest BCUT2D eigenvalue weighted by molar-refractivity contribution is 7.91. The van der Waals surface area contributed by atoms with Gasteiger partial charge in [-0.1, -0.05) is 23.7 Å². The molecule has 0 bridgehead atoms. The van der Waals surface area contributed by atoms with Crippen molar-refractivity contribution in [2.24, 2.45) is 0 Å². The van der Waals surface area contributed by atoms with Crippen LogP contribution in [0.2, 0.25) is 4.34 Å². The summed E-state index contributed by atoms with van der Waals surface area (Å²) in [7, 11) is -2.09. The van der Waals surface area contributed by atoms with Crippen molar-refractivity contribution >= 4 is 33.0 Å². The summed E-state index contributed by atoms with van der Waals surface area (Å²) in [6.07, 6.45) is 0.310. The molecule has 1 aromatic heterocycles. The molecule has 1 atom stereocenters. The lowest BCUT2D eigenvalue weighted by Crippen LogP contribution is -2.42.